The van der Waals surface area contributed by atoms with E-state index in [0.717, 1.165) is 4.88 Å². The van der Waals surface area contributed by atoms with Crippen LogP contribution < -0.4 is 10.9 Å². The van der Waals surface area contributed by atoms with Crippen LogP contribution in [0, 0.1) is 10.1 Å². The molecule has 1 amide bonds. The fraction of sp³-hybridized carbons (Fsp3) is 0.0714. The van der Waals surface area contributed by atoms with Crippen LogP contribution in [0.1, 0.15) is 15.2 Å². The molecule has 1 aromatic carbocycles. The average Bonchev–Trinajstić information content (AvgIpc) is 2.97. The first-order valence-electron chi connectivity index (χ1n) is 6.53. The molecule has 0 unspecified atom stereocenters. The summed E-state index contributed by atoms with van der Waals surface area (Å²) >= 11 is 1.30. The number of thiophene rings is 1. The monoisotopic (exact) mass is 330 g/mol. The van der Waals surface area contributed by atoms with Gasteiger partial charge in [0.2, 0.25) is 0 Å². The first kappa shape index (κ1) is 14.9. The minimum absolute atomic E-state index is 0.143. The zero-order valence-electron chi connectivity index (χ0n) is 11.6. The number of hydrogen-bond acceptors (Lipinski definition) is 6. The quantitative estimate of drug-likeness (QED) is 0.559. The molecule has 3 rings (SSSR count). The van der Waals surface area contributed by atoms with Crippen LogP contribution in [0.25, 0.3) is 10.2 Å². The molecule has 0 aliphatic heterocycles. The second-order valence-corrected chi connectivity index (χ2v) is 5.77. The Balaban J connectivity index is 1.75. The summed E-state index contributed by atoms with van der Waals surface area (Å²) < 4.78 is 0. The first-order chi connectivity index (χ1) is 11.0. The van der Waals surface area contributed by atoms with Gasteiger partial charge in [-0.1, -0.05) is 6.07 Å². The van der Waals surface area contributed by atoms with Crippen LogP contribution in [-0.4, -0.2) is 20.8 Å². The lowest BCUT2D eigenvalue weighted by molar-refractivity contribution is -0.384. The smallest absolute Gasteiger partial charge is 0.270 e. The predicted octanol–water partition coefficient (Wildman–Crippen LogP) is 1.82. The standard InChI is InChI=1S/C14H10N4O4S/c19-12(8-2-1-3-9(4-8)18(21)22)15-6-10-5-11-13(20)16-7-17-14(11)23-10/h1-5,7H,6H2,(H,15,19)(H,16,17,20). The normalized spacial score (nSPS) is 10.6. The molecule has 0 bridgehead atoms. The molecule has 0 radical (unpaired) electrons. The Hall–Kier alpha value is -3.07. The topological polar surface area (TPSA) is 118 Å². The van der Waals surface area contributed by atoms with Crippen molar-refractivity contribution in [3.05, 3.63) is 67.6 Å². The van der Waals surface area contributed by atoms with Gasteiger partial charge in [0.1, 0.15) is 4.83 Å². The summed E-state index contributed by atoms with van der Waals surface area (Å²) in [7, 11) is 0. The Morgan fingerprint density at radius 2 is 2.22 bits per heavy atom. The summed E-state index contributed by atoms with van der Waals surface area (Å²) in [5.74, 6) is -0.423. The number of benzene rings is 1. The highest BCUT2D eigenvalue weighted by molar-refractivity contribution is 7.18. The molecule has 0 aliphatic rings. The van der Waals surface area contributed by atoms with Crippen molar-refractivity contribution in [2.75, 3.05) is 0 Å². The number of carbonyl (C=O) groups excluding carboxylic acids is 1. The minimum Gasteiger partial charge on any atom is -0.347 e. The molecule has 3 aromatic rings. The Kier molecular flexibility index (Phi) is 3.85. The maximum atomic E-state index is 12.1. The SMILES string of the molecule is O=C(NCc1cc2c(=O)[nH]cnc2s1)c1cccc([N+](=O)[O-])c1. The second kappa shape index (κ2) is 5.97. The Morgan fingerprint density at radius 3 is 2.96 bits per heavy atom. The summed E-state index contributed by atoms with van der Waals surface area (Å²) in [5.41, 5.74) is -0.172. The van der Waals surface area contributed by atoms with Gasteiger partial charge in [-0.15, -0.1) is 11.3 Å². The lowest BCUT2D eigenvalue weighted by Gasteiger charge is -2.03. The number of non-ortho nitro benzene ring substituents is 1. The lowest BCUT2D eigenvalue weighted by Crippen LogP contribution is -2.22. The van der Waals surface area contributed by atoms with Crippen LogP contribution in [0.2, 0.25) is 0 Å². The number of amides is 1. The molecule has 0 aliphatic carbocycles. The Labute approximate surface area is 133 Å². The summed E-state index contributed by atoms with van der Waals surface area (Å²) in [6.07, 6.45) is 1.33. The third kappa shape index (κ3) is 3.09. The van der Waals surface area contributed by atoms with E-state index in [2.05, 4.69) is 15.3 Å². The maximum Gasteiger partial charge on any atom is 0.270 e. The van der Waals surface area contributed by atoms with Crippen LogP contribution in [-0.2, 0) is 6.54 Å². The number of nitro groups is 1. The Bertz CT molecular complexity index is 963. The molecule has 8 nitrogen and oxygen atoms in total. The fourth-order valence-corrected chi connectivity index (χ4v) is 2.97. The zero-order chi connectivity index (χ0) is 16.4. The van der Waals surface area contributed by atoms with Gasteiger partial charge < -0.3 is 10.3 Å². The highest BCUT2D eigenvalue weighted by atomic mass is 32.1. The molecular formula is C14H10N4O4S. The summed E-state index contributed by atoms with van der Waals surface area (Å²) in [4.78, 5) is 41.7. The van der Waals surface area contributed by atoms with Crippen molar-refractivity contribution < 1.29 is 9.72 Å². The van der Waals surface area contributed by atoms with Crippen LogP contribution in [0.3, 0.4) is 0 Å². The van der Waals surface area contributed by atoms with Crippen molar-refractivity contribution in [3.63, 3.8) is 0 Å². The molecule has 2 aromatic heterocycles. The number of nitrogens with one attached hydrogen (secondary N) is 2. The number of carbonyl (C=O) groups is 1. The predicted molar refractivity (Wildman–Crippen MR) is 84.5 cm³/mol. The fourth-order valence-electron chi connectivity index (χ4n) is 2.03. The summed E-state index contributed by atoms with van der Waals surface area (Å²) in [5, 5.41) is 13.9. The van der Waals surface area contributed by atoms with Gasteiger partial charge in [-0.25, -0.2) is 4.98 Å². The van der Waals surface area contributed by atoms with Gasteiger partial charge in [0.15, 0.2) is 0 Å². The van der Waals surface area contributed by atoms with Crippen LogP contribution >= 0.6 is 11.3 Å². The van der Waals surface area contributed by atoms with E-state index in [1.807, 2.05) is 0 Å². The molecule has 0 spiro atoms. The molecule has 0 fully saturated rings. The van der Waals surface area contributed by atoms with Crippen molar-refractivity contribution >= 4 is 33.1 Å². The molecular weight excluding hydrogens is 320 g/mol. The van der Waals surface area contributed by atoms with Gasteiger partial charge >= 0.3 is 0 Å². The Morgan fingerprint density at radius 1 is 1.39 bits per heavy atom. The van der Waals surface area contributed by atoms with E-state index in [4.69, 9.17) is 0 Å². The summed E-state index contributed by atoms with van der Waals surface area (Å²) in [6.45, 7) is 0.210. The molecule has 0 atom stereocenters. The number of fused-ring (bicyclic) bond motifs is 1. The van der Waals surface area contributed by atoms with E-state index in [1.165, 1.54) is 41.9 Å². The average molecular weight is 330 g/mol. The molecule has 2 heterocycles. The third-order valence-corrected chi connectivity index (χ3v) is 4.17. The number of H-pyrrole nitrogens is 1. The highest BCUT2D eigenvalue weighted by Gasteiger charge is 2.12. The van der Waals surface area contributed by atoms with Gasteiger partial charge in [-0.05, 0) is 12.1 Å². The minimum atomic E-state index is -0.555. The largest absolute Gasteiger partial charge is 0.347 e. The van der Waals surface area contributed by atoms with E-state index in [0.29, 0.717) is 10.2 Å². The van der Waals surface area contributed by atoms with Crippen molar-refractivity contribution in [1.29, 1.82) is 0 Å². The van der Waals surface area contributed by atoms with Gasteiger partial charge in [0, 0.05) is 22.6 Å². The first-order valence-corrected chi connectivity index (χ1v) is 7.35. The van der Waals surface area contributed by atoms with Crippen molar-refractivity contribution in [2.45, 2.75) is 6.54 Å². The number of aromatic amines is 1. The van der Waals surface area contributed by atoms with Crippen molar-refractivity contribution in [2.24, 2.45) is 0 Å². The van der Waals surface area contributed by atoms with E-state index in [1.54, 1.807) is 6.07 Å². The molecule has 2 N–H and O–H groups in total. The van der Waals surface area contributed by atoms with Gasteiger partial charge in [-0.2, -0.15) is 0 Å². The second-order valence-electron chi connectivity index (χ2n) is 4.65. The van der Waals surface area contributed by atoms with Crippen LogP contribution in [0.5, 0.6) is 0 Å². The van der Waals surface area contributed by atoms with E-state index < -0.39 is 10.8 Å². The maximum absolute atomic E-state index is 12.1. The van der Waals surface area contributed by atoms with Gasteiger partial charge in [0.05, 0.1) is 23.2 Å². The van der Waals surface area contributed by atoms with Crippen molar-refractivity contribution in [1.82, 2.24) is 15.3 Å². The van der Waals surface area contributed by atoms with Crippen molar-refractivity contribution in [3.8, 4) is 0 Å². The van der Waals surface area contributed by atoms with Crippen LogP contribution in [0.15, 0.2) is 41.5 Å². The molecule has 9 heteroatoms. The van der Waals surface area contributed by atoms with E-state index in [9.17, 15) is 19.7 Å². The van der Waals surface area contributed by atoms with Gasteiger partial charge in [-0.3, -0.25) is 19.7 Å². The molecule has 0 saturated heterocycles. The number of rotatable bonds is 4. The number of hydrogen-bond donors (Lipinski definition) is 2. The number of aromatic nitrogens is 2. The highest BCUT2D eigenvalue weighted by Crippen LogP contribution is 2.20. The zero-order valence-corrected chi connectivity index (χ0v) is 12.4. The molecule has 0 saturated carbocycles. The van der Waals surface area contributed by atoms with E-state index in [-0.39, 0.29) is 23.4 Å². The van der Waals surface area contributed by atoms with Crippen LogP contribution in [0.4, 0.5) is 5.69 Å². The lowest BCUT2D eigenvalue weighted by atomic mass is 10.2. The molecule has 23 heavy (non-hydrogen) atoms. The number of nitrogens with zero attached hydrogens (tertiary/aromatic N) is 2. The molecule has 116 valence electrons. The van der Waals surface area contributed by atoms with E-state index >= 15 is 0 Å². The number of nitro benzene ring substituents is 1. The summed E-state index contributed by atoms with van der Waals surface area (Å²) in [6, 6.07) is 7.16. The van der Waals surface area contributed by atoms with Gasteiger partial charge in [0.25, 0.3) is 17.2 Å². The third-order valence-electron chi connectivity index (χ3n) is 3.13.